The Morgan fingerprint density at radius 1 is 1.10 bits per heavy atom. The van der Waals surface area contributed by atoms with Crippen molar-refractivity contribution in [2.45, 2.75) is 48.1 Å². The molecule has 166 valence electrons. The number of aryl methyl sites for hydroxylation is 1. The van der Waals surface area contributed by atoms with Crippen molar-refractivity contribution in [1.29, 1.82) is 0 Å². The highest BCUT2D eigenvalue weighted by atomic mass is 35.5. The average Bonchev–Trinajstić information content (AvgIpc) is 3.10. The zero-order valence-corrected chi connectivity index (χ0v) is 20.1. The molecule has 2 N–H and O–H groups in total. The SMILES string of the molecule is CC.Cc1ccc(-c2nn(-c3cc(CNC(=O)C(C)(C)C)c(Cl)cc3Cl)c(=O)[nH]2)cc1. The van der Waals surface area contributed by atoms with Gasteiger partial charge < -0.3 is 5.32 Å². The Labute approximate surface area is 192 Å². The lowest BCUT2D eigenvalue weighted by atomic mass is 9.95. The molecule has 6 nitrogen and oxygen atoms in total. The first-order chi connectivity index (χ1) is 14.6. The van der Waals surface area contributed by atoms with E-state index in [2.05, 4.69) is 15.4 Å². The molecule has 0 fully saturated rings. The normalized spacial score (nSPS) is 11.0. The standard InChI is InChI=1S/C21H22Cl2N4O2.C2H6/c1-12-5-7-13(8-6-12)18-25-20(29)27(26-18)17-9-14(15(22)10-16(17)23)11-24-19(28)21(2,3)4;1-2/h5-10H,11H2,1-4H3,(H,24,28)(H,25,26,29);1-2H3. The summed E-state index contributed by atoms with van der Waals surface area (Å²) in [6.45, 7) is 11.7. The number of rotatable bonds is 4. The van der Waals surface area contributed by atoms with Gasteiger partial charge in [0.15, 0.2) is 5.82 Å². The molecular weight excluding hydrogens is 435 g/mol. The number of H-pyrrole nitrogens is 1. The van der Waals surface area contributed by atoms with Crippen LogP contribution >= 0.6 is 23.2 Å². The molecule has 2 aromatic carbocycles. The Morgan fingerprint density at radius 2 is 1.71 bits per heavy atom. The summed E-state index contributed by atoms with van der Waals surface area (Å²) in [5, 5.41) is 7.91. The summed E-state index contributed by atoms with van der Waals surface area (Å²) in [5.74, 6) is 0.326. The Hall–Kier alpha value is -2.57. The fourth-order valence-corrected chi connectivity index (χ4v) is 3.18. The maximum absolute atomic E-state index is 12.5. The molecule has 0 bridgehead atoms. The van der Waals surface area contributed by atoms with Gasteiger partial charge in [0.2, 0.25) is 5.91 Å². The predicted molar refractivity (Wildman–Crippen MR) is 127 cm³/mol. The molecule has 0 saturated heterocycles. The quantitative estimate of drug-likeness (QED) is 0.534. The first-order valence-corrected chi connectivity index (χ1v) is 10.8. The van der Waals surface area contributed by atoms with Crippen LogP contribution in [0.1, 0.15) is 45.7 Å². The lowest BCUT2D eigenvalue weighted by Gasteiger charge is -2.18. The number of aromatic amines is 1. The van der Waals surface area contributed by atoms with Crippen molar-refractivity contribution in [2.24, 2.45) is 5.41 Å². The molecular formula is C23H28Cl2N4O2. The van der Waals surface area contributed by atoms with Gasteiger partial charge >= 0.3 is 5.69 Å². The van der Waals surface area contributed by atoms with Gasteiger partial charge in [-0.15, -0.1) is 5.10 Å². The van der Waals surface area contributed by atoms with Gasteiger partial charge in [0, 0.05) is 22.5 Å². The van der Waals surface area contributed by atoms with Crippen molar-refractivity contribution >= 4 is 29.1 Å². The van der Waals surface area contributed by atoms with Crippen LogP contribution in [0.2, 0.25) is 10.0 Å². The van der Waals surface area contributed by atoms with Gasteiger partial charge in [-0.2, -0.15) is 4.68 Å². The summed E-state index contributed by atoms with van der Waals surface area (Å²) >= 11 is 12.6. The monoisotopic (exact) mass is 462 g/mol. The Balaban J connectivity index is 0.00000166. The molecule has 1 amide bonds. The van der Waals surface area contributed by atoms with Crippen molar-refractivity contribution < 1.29 is 4.79 Å². The molecule has 1 aromatic heterocycles. The molecule has 0 saturated carbocycles. The van der Waals surface area contributed by atoms with Gasteiger partial charge in [-0.1, -0.05) is 87.6 Å². The number of carbonyl (C=O) groups is 1. The third-order valence-electron chi connectivity index (χ3n) is 4.41. The molecule has 3 rings (SSSR count). The average molecular weight is 463 g/mol. The second-order valence-corrected chi connectivity index (χ2v) is 8.70. The third kappa shape index (κ3) is 5.99. The third-order valence-corrected chi connectivity index (χ3v) is 5.06. The largest absolute Gasteiger partial charge is 0.352 e. The summed E-state index contributed by atoms with van der Waals surface area (Å²) in [4.78, 5) is 27.4. The van der Waals surface area contributed by atoms with Gasteiger partial charge in [-0.05, 0) is 24.6 Å². The van der Waals surface area contributed by atoms with Crippen LogP contribution in [0.4, 0.5) is 0 Å². The van der Waals surface area contributed by atoms with Crippen LogP contribution in [0.25, 0.3) is 17.1 Å². The fourth-order valence-electron chi connectivity index (χ4n) is 2.65. The number of nitrogens with zero attached hydrogens (tertiary/aromatic N) is 2. The number of benzene rings is 2. The molecule has 0 atom stereocenters. The van der Waals surface area contributed by atoms with Crippen molar-refractivity contribution in [3.8, 4) is 17.1 Å². The number of amides is 1. The van der Waals surface area contributed by atoms with Crippen LogP contribution < -0.4 is 11.0 Å². The molecule has 0 aliphatic carbocycles. The molecule has 0 aliphatic rings. The van der Waals surface area contributed by atoms with Gasteiger partial charge in [0.05, 0.1) is 10.7 Å². The molecule has 31 heavy (non-hydrogen) atoms. The number of hydrogen-bond acceptors (Lipinski definition) is 3. The lowest BCUT2D eigenvalue weighted by molar-refractivity contribution is -0.128. The lowest BCUT2D eigenvalue weighted by Crippen LogP contribution is -2.34. The summed E-state index contributed by atoms with van der Waals surface area (Å²) < 4.78 is 1.20. The predicted octanol–water partition coefficient (Wildman–Crippen LogP) is 5.53. The Kier molecular flexibility index (Phi) is 8.09. The molecule has 8 heteroatoms. The first kappa shape index (κ1) is 24.7. The molecule has 3 aromatic rings. The van der Waals surface area contributed by atoms with Gasteiger partial charge in [0.25, 0.3) is 0 Å². The minimum absolute atomic E-state index is 0.108. The van der Waals surface area contributed by atoms with Crippen LogP contribution in [-0.2, 0) is 11.3 Å². The Bertz CT molecular complexity index is 1110. The minimum atomic E-state index is -0.524. The minimum Gasteiger partial charge on any atom is -0.352 e. The van der Waals surface area contributed by atoms with Crippen molar-refractivity contribution in [1.82, 2.24) is 20.1 Å². The van der Waals surface area contributed by atoms with E-state index >= 15 is 0 Å². The van der Waals surface area contributed by atoms with Crippen molar-refractivity contribution in [3.05, 3.63) is 68.1 Å². The molecule has 0 radical (unpaired) electrons. The smallest absolute Gasteiger partial charge is 0.348 e. The maximum Gasteiger partial charge on any atom is 0.348 e. The highest BCUT2D eigenvalue weighted by molar-refractivity contribution is 6.36. The van der Waals surface area contributed by atoms with Crippen LogP contribution in [0.3, 0.4) is 0 Å². The summed E-state index contributed by atoms with van der Waals surface area (Å²) in [6, 6.07) is 10.9. The summed E-state index contributed by atoms with van der Waals surface area (Å²) in [7, 11) is 0. The van der Waals surface area contributed by atoms with Gasteiger partial charge in [-0.25, -0.2) is 4.79 Å². The van der Waals surface area contributed by atoms with E-state index in [0.29, 0.717) is 22.1 Å². The Morgan fingerprint density at radius 3 is 2.29 bits per heavy atom. The number of nitrogens with one attached hydrogen (secondary N) is 2. The van der Waals surface area contributed by atoms with Crippen LogP contribution in [0.5, 0.6) is 0 Å². The van der Waals surface area contributed by atoms with Crippen molar-refractivity contribution in [3.63, 3.8) is 0 Å². The highest BCUT2D eigenvalue weighted by Crippen LogP contribution is 2.28. The zero-order valence-electron chi connectivity index (χ0n) is 18.6. The van der Waals surface area contributed by atoms with Crippen LogP contribution in [-0.4, -0.2) is 20.7 Å². The van der Waals surface area contributed by atoms with Gasteiger partial charge in [0.1, 0.15) is 0 Å². The summed E-state index contributed by atoms with van der Waals surface area (Å²) in [5.41, 5.74) is 1.97. The maximum atomic E-state index is 12.5. The van der Waals surface area contributed by atoms with E-state index in [1.165, 1.54) is 4.68 Å². The molecule has 0 spiro atoms. The van der Waals surface area contributed by atoms with E-state index in [9.17, 15) is 9.59 Å². The number of halogens is 2. The highest BCUT2D eigenvalue weighted by Gasteiger charge is 2.21. The van der Waals surface area contributed by atoms with Gasteiger partial charge in [-0.3, -0.25) is 9.78 Å². The second-order valence-electron chi connectivity index (χ2n) is 7.88. The summed E-state index contributed by atoms with van der Waals surface area (Å²) in [6.07, 6.45) is 0. The first-order valence-electron chi connectivity index (χ1n) is 10.1. The second kappa shape index (κ2) is 10.2. The fraction of sp³-hybridized carbons (Fsp3) is 0.348. The van der Waals surface area contributed by atoms with E-state index in [0.717, 1.165) is 11.1 Å². The molecule has 0 unspecified atom stereocenters. The van der Waals surface area contributed by atoms with E-state index in [-0.39, 0.29) is 17.5 Å². The zero-order chi connectivity index (χ0) is 23.3. The van der Waals surface area contributed by atoms with Crippen LogP contribution in [0.15, 0.2) is 41.2 Å². The molecule has 0 aliphatic heterocycles. The van der Waals surface area contributed by atoms with E-state index in [4.69, 9.17) is 23.2 Å². The molecule has 1 heterocycles. The van der Waals surface area contributed by atoms with Crippen LogP contribution in [0, 0.1) is 12.3 Å². The van der Waals surface area contributed by atoms with E-state index in [1.807, 2.05) is 65.8 Å². The number of hydrogen-bond donors (Lipinski definition) is 2. The van der Waals surface area contributed by atoms with E-state index in [1.54, 1.807) is 12.1 Å². The number of carbonyl (C=O) groups excluding carboxylic acids is 1. The number of aromatic nitrogens is 3. The van der Waals surface area contributed by atoms with E-state index < -0.39 is 11.1 Å². The van der Waals surface area contributed by atoms with Crippen molar-refractivity contribution in [2.75, 3.05) is 0 Å². The topological polar surface area (TPSA) is 79.8 Å².